The van der Waals surface area contributed by atoms with Crippen LogP contribution >= 0.6 is 0 Å². The molecule has 0 spiro atoms. The van der Waals surface area contributed by atoms with Crippen molar-refractivity contribution in [3.05, 3.63) is 53.9 Å². The van der Waals surface area contributed by atoms with Crippen molar-refractivity contribution in [2.45, 2.75) is 12.5 Å². The van der Waals surface area contributed by atoms with E-state index < -0.39 is 6.10 Å². The first-order chi connectivity index (χ1) is 7.27. The lowest BCUT2D eigenvalue weighted by atomic mass is 10.1. The van der Waals surface area contributed by atoms with Gasteiger partial charge in [-0.1, -0.05) is 18.2 Å². The van der Waals surface area contributed by atoms with Gasteiger partial charge in [-0.05, 0) is 11.6 Å². The number of aromatic nitrogens is 2. The molecule has 78 valence electrons. The highest BCUT2D eigenvalue weighted by molar-refractivity contribution is 5.18. The Kier molecular flexibility index (Phi) is 2.78. The largest absolute Gasteiger partial charge is 0.385 e. The standard InChI is InChI=1S/C11H11FN2O/c12-9-4-2-1-3-8(9)7-10(15)11-13-5-6-14-11/h1-6,10,15H,7H2,(H,13,14). The first-order valence-electron chi connectivity index (χ1n) is 4.68. The summed E-state index contributed by atoms with van der Waals surface area (Å²) in [6.45, 7) is 0. The van der Waals surface area contributed by atoms with Crippen LogP contribution in [0.25, 0.3) is 0 Å². The summed E-state index contributed by atoms with van der Waals surface area (Å²) >= 11 is 0. The predicted octanol–water partition coefficient (Wildman–Crippen LogP) is 1.82. The summed E-state index contributed by atoms with van der Waals surface area (Å²) in [5, 5.41) is 9.73. The Bertz CT molecular complexity index is 428. The van der Waals surface area contributed by atoms with Crippen molar-refractivity contribution < 1.29 is 9.50 Å². The molecule has 1 unspecified atom stereocenters. The predicted molar refractivity (Wildman–Crippen MR) is 53.7 cm³/mol. The lowest BCUT2D eigenvalue weighted by Crippen LogP contribution is -2.05. The van der Waals surface area contributed by atoms with Crippen molar-refractivity contribution in [3.8, 4) is 0 Å². The molecule has 0 radical (unpaired) electrons. The van der Waals surface area contributed by atoms with Gasteiger partial charge in [0.1, 0.15) is 17.7 Å². The van der Waals surface area contributed by atoms with Gasteiger partial charge in [0.2, 0.25) is 0 Å². The van der Waals surface area contributed by atoms with E-state index in [4.69, 9.17) is 0 Å². The Morgan fingerprint density at radius 1 is 1.40 bits per heavy atom. The van der Waals surface area contributed by atoms with E-state index >= 15 is 0 Å². The quantitative estimate of drug-likeness (QED) is 0.804. The number of imidazole rings is 1. The maximum absolute atomic E-state index is 13.2. The summed E-state index contributed by atoms with van der Waals surface area (Å²) in [6.07, 6.45) is 2.61. The average Bonchev–Trinajstić information content (AvgIpc) is 2.74. The first kappa shape index (κ1) is 9.86. The summed E-state index contributed by atoms with van der Waals surface area (Å²) < 4.78 is 13.2. The molecule has 1 aromatic carbocycles. The molecule has 1 atom stereocenters. The van der Waals surface area contributed by atoms with Gasteiger partial charge in [-0.2, -0.15) is 0 Å². The minimum Gasteiger partial charge on any atom is -0.385 e. The van der Waals surface area contributed by atoms with E-state index in [0.717, 1.165) is 0 Å². The van der Waals surface area contributed by atoms with Crippen molar-refractivity contribution in [2.24, 2.45) is 0 Å². The monoisotopic (exact) mass is 206 g/mol. The number of hydrogen-bond donors (Lipinski definition) is 2. The Balaban J connectivity index is 2.13. The summed E-state index contributed by atoms with van der Waals surface area (Å²) in [6, 6.07) is 6.40. The molecule has 1 heterocycles. The second-order valence-corrected chi connectivity index (χ2v) is 3.29. The van der Waals surface area contributed by atoms with Crippen molar-refractivity contribution in [1.29, 1.82) is 0 Å². The van der Waals surface area contributed by atoms with Gasteiger partial charge in [0.05, 0.1) is 0 Å². The van der Waals surface area contributed by atoms with Crippen LogP contribution in [0.5, 0.6) is 0 Å². The average molecular weight is 206 g/mol. The molecule has 2 rings (SSSR count). The van der Waals surface area contributed by atoms with Gasteiger partial charge in [0.25, 0.3) is 0 Å². The van der Waals surface area contributed by atoms with Crippen LogP contribution in [0.1, 0.15) is 17.5 Å². The molecule has 1 aromatic heterocycles. The highest BCUT2D eigenvalue weighted by atomic mass is 19.1. The summed E-state index contributed by atoms with van der Waals surface area (Å²) in [5.74, 6) is 0.154. The SMILES string of the molecule is OC(Cc1ccccc1F)c1ncc[nH]1. The molecule has 4 heteroatoms. The number of aliphatic hydroxyl groups excluding tert-OH is 1. The third kappa shape index (κ3) is 2.22. The Hall–Kier alpha value is -1.68. The molecular weight excluding hydrogens is 195 g/mol. The fourth-order valence-corrected chi connectivity index (χ4v) is 1.43. The van der Waals surface area contributed by atoms with Crippen LogP contribution < -0.4 is 0 Å². The van der Waals surface area contributed by atoms with Gasteiger partial charge in [-0.3, -0.25) is 0 Å². The van der Waals surface area contributed by atoms with Crippen molar-refractivity contribution >= 4 is 0 Å². The smallest absolute Gasteiger partial charge is 0.135 e. The molecule has 0 aliphatic heterocycles. The Morgan fingerprint density at radius 2 is 2.20 bits per heavy atom. The summed E-state index contributed by atoms with van der Waals surface area (Å²) in [7, 11) is 0. The van der Waals surface area contributed by atoms with Crippen molar-refractivity contribution in [1.82, 2.24) is 9.97 Å². The van der Waals surface area contributed by atoms with E-state index in [2.05, 4.69) is 9.97 Å². The zero-order valence-electron chi connectivity index (χ0n) is 8.02. The van der Waals surface area contributed by atoms with E-state index in [9.17, 15) is 9.50 Å². The van der Waals surface area contributed by atoms with E-state index in [1.54, 1.807) is 30.6 Å². The molecule has 0 aliphatic rings. The summed E-state index contributed by atoms with van der Waals surface area (Å²) in [4.78, 5) is 6.71. The Labute approximate surface area is 86.6 Å². The first-order valence-corrected chi connectivity index (χ1v) is 4.68. The zero-order chi connectivity index (χ0) is 10.7. The van der Waals surface area contributed by atoms with E-state index in [1.807, 2.05) is 0 Å². The maximum Gasteiger partial charge on any atom is 0.135 e. The third-order valence-corrected chi connectivity index (χ3v) is 2.21. The second-order valence-electron chi connectivity index (χ2n) is 3.29. The van der Waals surface area contributed by atoms with Gasteiger partial charge in [0.15, 0.2) is 0 Å². The van der Waals surface area contributed by atoms with Crippen molar-refractivity contribution in [2.75, 3.05) is 0 Å². The molecule has 3 nitrogen and oxygen atoms in total. The summed E-state index contributed by atoms with van der Waals surface area (Å²) in [5.41, 5.74) is 0.487. The third-order valence-electron chi connectivity index (χ3n) is 2.21. The molecule has 0 amide bonds. The molecule has 0 bridgehead atoms. The molecular formula is C11H11FN2O. The highest BCUT2D eigenvalue weighted by Gasteiger charge is 2.12. The van der Waals surface area contributed by atoms with Gasteiger partial charge in [-0.25, -0.2) is 9.37 Å². The van der Waals surface area contributed by atoms with Crippen LogP contribution in [0.2, 0.25) is 0 Å². The van der Waals surface area contributed by atoms with E-state index in [-0.39, 0.29) is 12.2 Å². The fraction of sp³-hybridized carbons (Fsp3) is 0.182. The van der Waals surface area contributed by atoms with Crippen molar-refractivity contribution in [3.63, 3.8) is 0 Å². The minimum atomic E-state index is -0.795. The molecule has 0 aliphatic carbocycles. The van der Waals surface area contributed by atoms with Crippen LogP contribution in [0, 0.1) is 5.82 Å². The van der Waals surface area contributed by atoms with E-state index in [1.165, 1.54) is 6.07 Å². The molecule has 0 fully saturated rings. The topological polar surface area (TPSA) is 48.9 Å². The number of nitrogens with one attached hydrogen (secondary N) is 1. The number of rotatable bonds is 3. The maximum atomic E-state index is 13.2. The van der Waals surface area contributed by atoms with Crippen LogP contribution in [-0.4, -0.2) is 15.1 Å². The molecule has 2 aromatic rings. The number of hydrogen-bond acceptors (Lipinski definition) is 2. The second kappa shape index (κ2) is 4.23. The Morgan fingerprint density at radius 3 is 2.87 bits per heavy atom. The lowest BCUT2D eigenvalue weighted by Gasteiger charge is -2.08. The van der Waals surface area contributed by atoms with Crippen LogP contribution in [0.15, 0.2) is 36.7 Å². The minimum absolute atomic E-state index is 0.222. The normalized spacial score (nSPS) is 12.7. The van der Waals surface area contributed by atoms with Gasteiger partial charge >= 0.3 is 0 Å². The number of halogens is 1. The fourth-order valence-electron chi connectivity index (χ4n) is 1.43. The number of benzene rings is 1. The van der Waals surface area contributed by atoms with Gasteiger partial charge < -0.3 is 10.1 Å². The van der Waals surface area contributed by atoms with Gasteiger partial charge in [0, 0.05) is 18.8 Å². The van der Waals surface area contributed by atoms with E-state index in [0.29, 0.717) is 11.4 Å². The highest BCUT2D eigenvalue weighted by Crippen LogP contribution is 2.16. The number of aliphatic hydroxyl groups is 1. The molecule has 0 saturated heterocycles. The molecule has 2 N–H and O–H groups in total. The zero-order valence-corrected chi connectivity index (χ0v) is 8.02. The molecule has 15 heavy (non-hydrogen) atoms. The number of aromatic amines is 1. The molecule has 0 saturated carbocycles. The van der Waals surface area contributed by atoms with Crippen LogP contribution in [0.3, 0.4) is 0 Å². The number of nitrogens with zero attached hydrogens (tertiary/aromatic N) is 1. The van der Waals surface area contributed by atoms with Crippen LogP contribution in [-0.2, 0) is 6.42 Å². The lowest BCUT2D eigenvalue weighted by molar-refractivity contribution is 0.168. The van der Waals surface area contributed by atoms with Gasteiger partial charge in [-0.15, -0.1) is 0 Å². The number of H-pyrrole nitrogens is 1. The van der Waals surface area contributed by atoms with Crippen LogP contribution in [0.4, 0.5) is 4.39 Å².